The minimum atomic E-state index is -0.856. The molecular formula is C42H70O6. The standard InChI is InChI=1S/C42H70O6/c1-4-5-6-7-8-9-10-11-14-17-20-23-27-32-39(44)33-28-25-30-35-42(46)48-40(36-43)37-47-41(45)34-29-24-21-18-15-12-13-16-19-22-26-31-38(2)3/h5-6,8-9,11,14,20,23,25,27-28,32,38-40,43-44H,4,7,10,12-13,15-19,21-22,24,26,29-31,33-37H2,1-3H3/b6-5-,9-8-,14-11-,23-20-,28-25-,32-27-/t39?,40-/m0/s1. The first kappa shape index (κ1) is 45.3. The number of hydrogen-bond donors (Lipinski definition) is 2. The molecule has 0 heterocycles. The highest BCUT2D eigenvalue weighted by molar-refractivity contribution is 5.70. The summed E-state index contributed by atoms with van der Waals surface area (Å²) in [7, 11) is 0. The van der Waals surface area contributed by atoms with E-state index in [2.05, 4.69) is 57.2 Å². The molecule has 0 aliphatic heterocycles. The topological polar surface area (TPSA) is 93.1 Å². The number of unbranched alkanes of at least 4 members (excludes halogenated alkanes) is 10. The molecule has 0 aliphatic carbocycles. The van der Waals surface area contributed by atoms with Gasteiger partial charge in [0.25, 0.3) is 0 Å². The van der Waals surface area contributed by atoms with Gasteiger partial charge in [0.1, 0.15) is 6.61 Å². The average molecular weight is 671 g/mol. The molecule has 0 saturated heterocycles. The number of carbonyl (C=O) groups is 2. The lowest BCUT2D eigenvalue weighted by atomic mass is 10.0. The maximum Gasteiger partial charge on any atom is 0.306 e. The quantitative estimate of drug-likeness (QED) is 0.0320. The van der Waals surface area contributed by atoms with Crippen LogP contribution in [0.15, 0.2) is 72.9 Å². The fourth-order valence-electron chi connectivity index (χ4n) is 4.91. The fourth-order valence-corrected chi connectivity index (χ4v) is 4.91. The second kappa shape index (κ2) is 35.6. The van der Waals surface area contributed by atoms with Gasteiger partial charge >= 0.3 is 11.9 Å². The van der Waals surface area contributed by atoms with Gasteiger partial charge in [-0.1, -0.05) is 164 Å². The number of ether oxygens (including phenoxy) is 2. The molecule has 0 aromatic heterocycles. The lowest BCUT2D eigenvalue weighted by Gasteiger charge is -2.15. The van der Waals surface area contributed by atoms with Crippen molar-refractivity contribution in [3.05, 3.63) is 72.9 Å². The van der Waals surface area contributed by atoms with Crippen LogP contribution in [0.4, 0.5) is 0 Å². The van der Waals surface area contributed by atoms with Gasteiger partial charge < -0.3 is 19.7 Å². The Morgan fingerprint density at radius 1 is 0.646 bits per heavy atom. The predicted molar refractivity (Wildman–Crippen MR) is 202 cm³/mol. The van der Waals surface area contributed by atoms with E-state index in [1.165, 1.54) is 57.8 Å². The van der Waals surface area contributed by atoms with Gasteiger partial charge in [0.2, 0.25) is 0 Å². The number of aliphatic hydroxyl groups is 2. The number of aliphatic hydroxyl groups excluding tert-OH is 2. The van der Waals surface area contributed by atoms with E-state index in [0.717, 1.165) is 50.9 Å². The fraction of sp³-hybridized carbons (Fsp3) is 0.667. The van der Waals surface area contributed by atoms with E-state index < -0.39 is 24.8 Å². The Kier molecular flexibility index (Phi) is 33.6. The maximum absolute atomic E-state index is 12.1. The van der Waals surface area contributed by atoms with E-state index in [4.69, 9.17) is 9.47 Å². The van der Waals surface area contributed by atoms with Crippen LogP contribution >= 0.6 is 0 Å². The minimum absolute atomic E-state index is 0.133. The van der Waals surface area contributed by atoms with Crippen LogP contribution in [-0.4, -0.2) is 47.6 Å². The Bertz CT molecular complexity index is 926. The van der Waals surface area contributed by atoms with Crippen molar-refractivity contribution >= 4 is 11.9 Å². The molecular weight excluding hydrogens is 600 g/mol. The molecule has 0 saturated carbocycles. The van der Waals surface area contributed by atoms with Crippen molar-refractivity contribution in [2.75, 3.05) is 13.2 Å². The van der Waals surface area contributed by atoms with Crippen LogP contribution in [0.1, 0.15) is 149 Å². The van der Waals surface area contributed by atoms with Gasteiger partial charge in [0, 0.05) is 12.8 Å². The van der Waals surface area contributed by atoms with Crippen molar-refractivity contribution in [1.29, 1.82) is 0 Å². The zero-order chi connectivity index (χ0) is 35.3. The van der Waals surface area contributed by atoms with E-state index in [9.17, 15) is 19.8 Å². The number of rotatable bonds is 32. The summed E-state index contributed by atoms with van der Waals surface area (Å²) in [6.45, 7) is 6.19. The Morgan fingerprint density at radius 3 is 1.79 bits per heavy atom. The lowest BCUT2D eigenvalue weighted by molar-refractivity contribution is -0.161. The predicted octanol–water partition coefficient (Wildman–Crippen LogP) is 10.6. The Hall–Kier alpha value is -2.70. The van der Waals surface area contributed by atoms with Gasteiger partial charge in [0.15, 0.2) is 6.10 Å². The smallest absolute Gasteiger partial charge is 0.306 e. The van der Waals surface area contributed by atoms with Crippen molar-refractivity contribution in [2.45, 2.75) is 161 Å². The SMILES string of the molecule is CC/C=C\C/C=C\C/C=C\C/C=C\C=C/C(O)C/C=C\CCC(=O)O[C@@H](CO)COC(=O)CCCCCCCCCCCCCC(C)C. The molecule has 0 aliphatic rings. The van der Waals surface area contributed by atoms with Crippen LogP contribution in [0, 0.1) is 5.92 Å². The molecule has 0 spiro atoms. The minimum Gasteiger partial charge on any atom is -0.462 e. The Morgan fingerprint density at radius 2 is 1.21 bits per heavy atom. The van der Waals surface area contributed by atoms with Crippen LogP contribution in [-0.2, 0) is 19.1 Å². The lowest BCUT2D eigenvalue weighted by Crippen LogP contribution is -2.28. The van der Waals surface area contributed by atoms with Crippen LogP contribution in [0.3, 0.4) is 0 Å². The molecule has 6 heteroatoms. The first-order valence-corrected chi connectivity index (χ1v) is 19.0. The zero-order valence-electron chi connectivity index (χ0n) is 30.7. The van der Waals surface area contributed by atoms with Crippen molar-refractivity contribution < 1.29 is 29.3 Å². The number of allylic oxidation sites excluding steroid dienone is 10. The third-order valence-electron chi connectivity index (χ3n) is 7.79. The van der Waals surface area contributed by atoms with Gasteiger partial charge in [-0.05, 0) is 50.9 Å². The highest BCUT2D eigenvalue weighted by atomic mass is 16.6. The van der Waals surface area contributed by atoms with Gasteiger partial charge in [-0.15, -0.1) is 0 Å². The van der Waals surface area contributed by atoms with Gasteiger partial charge in [-0.2, -0.15) is 0 Å². The first-order chi connectivity index (χ1) is 23.4. The summed E-state index contributed by atoms with van der Waals surface area (Å²) < 4.78 is 10.5. The molecule has 274 valence electrons. The molecule has 0 aromatic carbocycles. The van der Waals surface area contributed by atoms with E-state index in [1.807, 2.05) is 30.4 Å². The third kappa shape index (κ3) is 34.6. The Balaban J connectivity index is 3.83. The summed E-state index contributed by atoms with van der Waals surface area (Å²) in [5.74, 6) is 0.0446. The van der Waals surface area contributed by atoms with Crippen molar-refractivity contribution in [2.24, 2.45) is 5.92 Å². The largest absolute Gasteiger partial charge is 0.462 e. The highest BCUT2D eigenvalue weighted by Gasteiger charge is 2.15. The second-order valence-electron chi connectivity index (χ2n) is 13.0. The van der Waals surface area contributed by atoms with E-state index >= 15 is 0 Å². The van der Waals surface area contributed by atoms with E-state index in [-0.39, 0.29) is 19.0 Å². The molecule has 6 nitrogen and oxygen atoms in total. The molecule has 2 atom stereocenters. The van der Waals surface area contributed by atoms with Crippen LogP contribution in [0.5, 0.6) is 0 Å². The number of carbonyl (C=O) groups excluding carboxylic acids is 2. The van der Waals surface area contributed by atoms with Crippen LogP contribution < -0.4 is 0 Å². The molecule has 0 amide bonds. The molecule has 0 aromatic rings. The number of esters is 2. The summed E-state index contributed by atoms with van der Waals surface area (Å²) in [5, 5.41) is 19.6. The molecule has 0 radical (unpaired) electrons. The van der Waals surface area contributed by atoms with Gasteiger partial charge in [-0.25, -0.2) is 0 Å². The van der Waals surface area contributed by atoms with Gasteiger partial charge in [-0.3, -0.25) is 9.59 Å². The molecule has 0 rings (SSSR count). The summed E-state index contributed by atoms with van der Waals surface area (Å²) in [6, 6.07) is 0. The number of hydrogen-bond acceptors (Lipinski definition) is 6. The Labute approximate surface area is 294 Å². The van der Waals surface area contributed by atoms with E-state index in [1.54, 1.807) is 6.08 Å². The summed E-state index contributed by atoms with van der Waals surface area (Å²) in [4.78, 5) is 24.2. The molecule has 0 fully saturated rings. The van der Waals surface area contributed by atoms with Crippen molar-refractivity contribution in [3.8, 4) is 0 Å². The third-order valence-corrected chi connectivity index (χ3v) is 7.79. The summed E-state index contributed by atoms with van der Waals surface area (Å²) >= 11 is 0. The zero-order valence-corrected chi connectivity index (χ0v) is 30.7. The highest BCUT2D eigenvalue weighted by Crippen LogP contribution is 2.14. The van der Waals surface area contributed by atoms with E-state index in [0.29, 0.717) is 19.3 Å². The molecule has 1 unspecified atom stereocenters. The molecule has 48 heavy (non-hydrogen) atoms. The summed E-state index contributed by atoms with van der Waals surface area (Å²) in [5.41, 5.74) is 0. The normalized spacial score (nSPS) is 13.8. The van der Waals surface area contributed by atoms with Gasteiger partial charge in [0.05, 0.1) is 12.7 Å². The van der Waals surface area contributed by atoms with Crippen LogP contribution in [0.25, 0.3) is 0 Å². The molecule has 2 N–H and O–H groups in total. The monoisotopic (exact) mass is 671 g/mol. The first-order valence-electron chi connectivity index (χ1n) is 19.0. The summed E-state index contributed by atoms with van der Waals surface area (Å²) in [6.07, 6.45) is 42.8. The molecule has 0 bridgehead atoms. The van der Waals surface area contributed by atoms with Crippen molar-refractivity contribution in [1.82, 2.24) is 0 Å². The second-order valence-corrected chi connectivity index (χ2v) is 13.0. The van der Waals surface area contributed by atoms with Crippen molar-refractivity contribution in [3.63, 3.8) is 0 Å². The average Bonchev–Trinajstić information content (AvgIpc) is 3.06. The van der Waals surface area contributed by atoms with Crippen LogP contribution in [0.2, 0.25) is 0 Å². The maximum atomic E-state index is 12.1.